The third kappa shape index (κ3) is 26.7. The fraction of sp³-hybridized carbons (Fsp3) is 1.00. The van der Waals surface area contributed by atoms with E-state index in [-0.39, 0.29) is 0 Å². The van der Waals surface area contributed by atoms with Gasteiger partial charge in [-0.3, -0.25) is 0 Å². The smallest absolute Gasteiger partial charge is 0.114 e. The van der Waals surface area contributed by atoms with E-state index in [2.05, 4.69) is 42.0 Å². The van der Waals surface area contributed by atoms with Gasteiger partial charge in [-0.25, -0.2) is 0 Å². The standard InChI is InChI=1S/C32H70N2O/c1-7-9-11-13-15-17-19-21-23-25-27-29-31-33(3,4)35-34(5,6)32-30-28-26-24-22-20-18-16-14-12-10-8-2/h7-32H2,1-6H3/q+2. The van der Waals surface area contributed by atoms with Crippen LogP contribution in [0.25, 0.3) is 0 Å². The van der Waals surface area contributed by atoms with E-state index in [4.69, 9.17) is 4.94 Å². The Bertz CT molecular complexity index is 384. The molecule has 3 heteroatoms. The molecule has 0 N–H and O–H groups in total. The third-order valence-corrected chi connectivity index (χ3v) is 7.54. The van der Waals surface area contributed by atoms with E-state index in [1.165, 1.54) is 154 Å². The normalized spacial score (nSPS) is 12.5. The first-order chi connectivity index (χ1) is 16.8. The molecular weight excluding hydrogens is 428 g/mol. The van der Waals surface area contributed by atoms with Crippen molar-refractivity contribution in [1.29, 1.82) is 0 Å². The van der Waals surface area contributed by atoms with Gasteiger partial charge in [0.2, 0.25) is 0 Å². The summed E-state index contributed by atoms with van der Waals surface area (Å²) in [5, 5.41) is 0. The van der Waals surface area contributed by atoms with Gasteiger partial charge in [0.25, 0.3) is 0 Å². The zero-order chi connectivity index (χ0) is 26.1. The molecule has 0 atom stereocenters. The highest BCUT2D eigenvalue weighted by molar-refractivity contribution is 4.49. The second-order valence-corrected chi connectivity index (χ2v) is 12.5. The van der Waals surface area contributed by atoms with Crippen molar-refractivity contribution < 1.29 is 14.2 Å². The number of rotatable bonds is 28. The van der Waals surface area contributed by atoms with Crippen LogP contribution < -0.4 is 0 Å². The molecule has 212 valence electrons. The highest BCUT2D eigenvalue weighted by Gasteiger charge is 2.29. The molecule has 0 aromatic carbocycles. The Kier molecular flexibility index (Phi) is 24.1. The molecule has 0 rings (SSSR count). The van der Waals surface area contributed by atoms with Crippen LogP contribution >= 0.6 is 0 Å². The Morgan fingerprint density at radius 1 is 0.314 bits per heavy atom. The molecule has 0 aromatic heterocycles. The van der Waals surface area contributed by atoms with Gasteiger partial charge in [0.05, 0.1) is 0 Å². The van der Waals surface area contributed by atoms with Crippen molar-refractivity contribution in [2.24, 2.45) is 0 Å². The number of hydroxylamine groups is 6. The molecule has 0 spiro atoms. The molecule has 0 saturated carbocycles. The predicted molar refractivity (Wildman–Crippen MR) is 157 cm³/mol. The predicted octanol–water partition coefficient (Wildman–Crippen LogP) is 10.4. The minimum Gasteiger partial charge on any atom is -0.132 e. The first-order valence-corrected chi connectivity index (χ1v) is 16.2. The van der Waals surface area contributed by atoms with Crippen LogP contribution in [0.4, 0.5) is 0 Å². The topological polar surface area (TPSA) is 9.23 Å². The molecule has 0 saturated heterocycles. The summed E-state index contributed by atoms with van der Waals surface area (Å²) >= 11 is 0. The first-order valence-electron chi connectivity index (χ1n) is 16.2. The summed E-state index contributed by atoms with van der Waals surface area (Å²) in [4.78, 5) is 6.50. The lowest BCUT2D eigenvalue weighted by Crippen LogP contribution is -2.54. The molecule has 0 heterocycles. The lowest BCUT2D eigenvalue weighted by Gasteiger charge is -2.34. The largest absolute Gasteiger partial charge is 0.132 e. The van der Waals surface area contributed by atoms with Gasteiger partial charge < -0.3 is 0 Å². The number of quaternary nitrogens is 2. The van der Waals surface area contributed by atoms with Crippen molar-refractivity contribution in [1.82, 2.24) is 0 Å². The fourth-order valence-electron chi connectivity index (χ4n) is 5.35. The Balaban J connectivity index is 3.60. The molecule has 0 aromatic rings. The molecule has 0 bridgehead atoms. The minimum atomic E-state index is 0.684. The second kappa shape index (κ2) is 24.2. The minimum absolute atomic E-state index is 0.684. The van der Waals surface area contributed by atoms with Gasteiger partial charge in [-0.15, -0.1) is 9.29 Å². The van der Waals surface area contributed by atoms with Gasteiger partial charge in [0.15, 0.2) is 0 Å². The fourth-order valence-corrected chi connectivity index (χ4v) is 5.35. The van der Waals surface area contributed by atoms with E-state index in [0.29, 0.717) is 9.29 Å². The van der Waals surface area contributed by atoms with Crippen LogP contribution in [-0.4, -0.2) is 50.6 Å². The Hall–Kier alpha value is -0.120. The molecule has 0 radical (unpaired) electrons. The molecular formula is C32H70N2O+2. The average molecular weight is 499 g/mol. The third-order valence-electron chi connectivity index (χ3n) is 7.54. The zero-order valence-corrected chi connectivity index (χ0v) is 25.7. The number of unbranched alkanes of at least 4 members (excludes halogenated alkanes) is 22. The van der Waals surface area contributed by atoms with Crippen molar-refractivity contribution in [3.8, 4) is 0 Å². The molecule has 0 fully saturated rings. The van der Waals surface area contributed by atoms with Gasteiger partial charge in [-0.2, -0.15) is 0 Å². The summed E-state index contributed by atoms with van der Waals surface area (Å²) in [7, 11) is 8.95. The molecule has 0 aliphatic carbocycles. The Labute approximate surface area is 223 Å². The van der Waals surface area contributed by atoms with Crippen LogP contribution in [0.2, 0.25) is 0 Å². The SMILES string of the molecule is CCCCCCCCCCCCCC[N+](C)(C)O[N+](C)(C)CCCCCCCCCCCCCC. The summed E-state index contributed by atoms with van der Waals surface area (Å²) < 4.78 is 1.37. The van der Waals surface area contributed by atoms with Crippen LogP contribution in [0.1, 0.15) is 168 Å². The van der Waals surface area contributed by atoms with Gasteiger partial charge >= 0.3 is 0 Å². The summed E-state index contributed by atoms with van der Waals surface area (Å²) in [6.45, 7) is 6.84. The maximum atomic E-state index is 6.50. The number of hydrogen-bond acceptors (Lipinski definition) is 1. The Morgan fingerprint density at radius 3 is 0.743 bits per heavy atom. The average Bonchev–Trinajstić information content (AvgIpc) is 2.79. The maximum absolute atomic E-state index is 6.50. The first kappa shape index (κ1) is 34.9. The van der Waals surface area contributed by atoms with Gasteiger partial charge in [0, 0.05) is 0 Å². The van der Waals surface area contributed by atoms with E-state index in [1.54, 1.807) is 0 Å². The van der Waals surface area contributed by atoms with E-state index < -0.39 is 0 Å². The van der Waals surface area contributed by atoms with Gasteiger partial charge in [0.1, 0.15) is 41.3 Å². The summed E-state index contributed by atoms with van der Waals surface area (Å²) in [6.07, 6.45) is 33.8. The lowest BCUT2D eigenvalue weighted by atomic mass is 10.1. The maximum Gasteiger partial charge on any atom is 0.114 e. The van der Waals surface area contributed by atoms with Crippen molar-refractivity contribution in [2.75, 3.05) is 41.3 Å². The monoisotopic (exact) mass is 499 g/mol. The van der Waals surface area contributed by atoms with Crippen LogP contribution in [0.15, 0.2) is 0 Å². The second-order valence-electron chi connectivity index (χ2n) is 12.5. The molecule has 3 nitrogen and oxygen atoms in total. The molecule has 35 heavy (non-hydrogen) atoms. The van der Waals surface area contributed by atoms with Crippen LogP contribution in [0.3, 0.4) is 0 Å². The van der Waals surface area contributed by atoms with Gasteiger partial charge in [-0.05, 0) is 30.6 Å². The molecule has 0 aliphatic rings. The van der Waals surface area contributed by atoms with Crippen LogP contribution in [0.5, 0.6) is 0 Å². The van der Waals surface area contributed by atoms with Crippen LogP contribution in [0, 0.1) is 0 Å². The quantitative estimate of drug-likeness (QED) is 0.0592. The van der Waals surface area contributed by atoms with E-state index in [0.717, 1.165) is 13.1 Å². The van der Waals surface area contributed by atoms with Crippen molar-refractivity contribution in [3.63, 3.8) is 0 Å². The lowest BCUT2D eigenvalue weighted by molar-refractivity contribution is -1.32. The van der Waals surface area contributed by atoms with Crippen molar-refractivity contribution in [3.05, 3.63) is 0 Å². The van der Waals surface area contributed by atoms with E-state index in [1.807, 2.05) is 0 Å². The highest BCUT2D eigenvalue weighted by Crippen LogP contribution is 2.16. The molecule has 0 unspecified atom stereocenters. The zero-order valence-electron chi connectivity index (χ0n) is 25.7. The molecule has 0 aliphatic heterocycles. The number of nitrogens with zero attached hydrogens (tertiary/aromatic N) is 2. The van der Waals surface area contributed by atoms with Crippen molar-refractivity contribution >= 4 is 0 Å². The molecule has 0 amide bonds. The summed E-state index contributed by atoms with van der Waals surface area (Å²) in [5.74, 6) is 0. The van der Waals surface area contributed by atoms with Crippen molar-refractivity contribution in [2.45, 2.75) is 168 Å². The highest BCUT2D eigenvalue weighted by atomic mass is 16.9. The van der Waals surface area contributed by atoms with Crippen LogP contribution in [-0.2, 0) is 4.94 Å². The van der Waals surface area contributed by atoms with Gasteiger partial charge in [-0.1, -0.05) is 142 Å². The summed E-state index contributed by atoms with van der Waals surface area (Å²) in [6, 6.07) is 0. The number of hydrogen-bond donors (Lipinski definition) is 0. The van der Waals surface area contributed by atoms with E-state index in [9.17, 15) is 0 Å². The Morgan fingerprint density at radius 2 is 0.514 bits per heavy atom. The summed E-state index contributed by atoms with van der Waals surface area (Å²) in [5.41, 5.74) is 0. The van der Waals surface area contributed by atoms with E-state index >= 15 is 0 Å².